The standard InChI is InChI=1S/C16H23N3/c1-4-8-17-11-16-7-9-18-19(16)12-15-10-13(2)5-6-14(15)3/h5-7,9-10,17H,4,8,11-12H2,1-3H3. The van der Waals surface area contributed by atoms with Crippen LogP contribution in [0.1, 0.15) is 35.7 Å². The van der Waals surface area contributed by atoms with Crippen molar-refractivity contribution in [3.8, 4) is 0 Å². The lowest BCUT2D eigenvalue weighted by Gasteiger charge is -2.11. The van der Waals surface area contributed by atoms with E-state index in [-0.39, 0.29) is 0 Å². The number of benzene rings is 1. The number of hydrogen-bond donors (Lipinski definition) is 1. The molecule has 1 N–H and O–H groups in total. The Morgan fingerprint density at radius 2 is 2.05 bits per heavy atom. The fourth-order valence-corrected chi connectivity index (χ4v) is 2.18. The van der Waals surface area contributed by atoms with Crippen LogP contribution in [0.5, 0.6) is 0 Å². The van der Waals surface area contributed by atoms with E-state index in [1.807, 2.05) is 6.20 Å². The molecule has 0 amide bonds. The van der Waals surface area contributed by atoms with Crippen LogP contribution in [0.2, 0.25) is 0 Å². The minimum absolute atomic E-state index is 0.851. The van der Waals surface area contributed by atoms with Crippen LogP contribution in [-0.2, 0) is 13.1 Å². The molecule has 1 aromatic heterocycles. The van der Waals surface area contributed by atoms with Crippen molar-refractivity contribution in [3.05, 3.63) is 52.8 Å². The molecule has 0 aliphatic rings. The molecule has 0 spiro atoms. The summed E-state index contributed by atoms with van der Waals surface area (Å²) >= 11 is 0. The van der Waals surface area contributed by atoms with Gasteiger partial charge in [0.05, 0.1) is 12.2 Å². The Bertz CT molecular complexity index is 529. The molecule has 0 unspecified atom stereocenters. The minimum atomic E-state index is 0.851. The lowest BCUT2D eigenvalue weighted by atomic mass is 10.1. The number of hydrogen-bond acceptors (Lipinski definition) is 2. The summed E-state index contributed by atoms with van der Waals surface area (Å²) in [5, 5.41) is 7.87. The molecular formula is C16H23N3. The summed E-state index contributed by atoms with van der Waals surface area (Å²) in [6, 6.07) is 8.68. The van der Waals surface area contributed by atoms with Gasteiger partial charge in [0.2, 0.25) is 0 Å². The molecule has 2 aromatic rings. The predicted octanol–water partition coefficient (Wildman–Crippen LogP) is 3.05. The van der Waals surface area contributed by atoms with Crippen LogP contribution >= 0.6 is 0 Å². The fraction of sp³-hybridized carbons (Fsp3) is 0.438. The third-order valence-electron chi connectivity index (χ3n) is 3.36. The van der Waals surface area contributed by atoms with Gasteiger partial charge in [0.1, 0.15) is 0 Å². The van der Waals surface area contributed by atoms with Crippen LogP contribution in [0, 0.1) is 13.8 Å². The van der Waals surface area contributed by atoms with E-state index in [1.165, 1.54) is 22.4 Å². The number of rotatable bonds is 6. The van der Waals surface area contributed by atoms with Gasteiger partial charge in [-0.1, -0.05) is 30.7 Å². The smallest absolute Gasteiger partial charge is 0.0665 e. The summed E-state index contributed by atoms with van der Waals surface area (Å²) < 4.78 is 2.09. The molecule has 0 aliphatic heterocycles. The second-order valence-corrected chi connectivity index (χ2v) is 5.09. The molecule has 2 rings (SSSR count). The first-order valence-corrected chi connectivity index (χ1v) is 6.98. The maximum atomic E-state index is 4.44. The number of nitrogens with one attached hydrogen (secondary N) is 1. The second-order valence-electron chi connectivity index (χ2n) is 5.09. The van der Waals surface area contributed by atoms with Crippen LogP contribution in [0.3, 0.4) is 0 Å². The first kappa shape index (κ1) is 13.8. The van der Waals surface area contributed by atoms with Gasteiger partial charge in [-0.2, -0.15) is 5.10 Å². The van der Waals surface area contributed by atoms with E-state index in [0.717, 1.165) is 26.1 Å². The maximum absolute atomic E-state index is 4.44. The summed E-state index contributed by atoms with van der Waals surface area (Å²) in [6.45, 7) is 9.26. The molecule has 1 heterocycles. The highest BCUT2D eigenvalue weighted by molar-refractivity contribution is 5.30. The van der Waals surface area contributed by atoms with Crippen LogP contribution in [0.25, 0.3) is 0 Å². The largest absolute Gasteiger partial charge is 0.311 e. The first-order valence-electron chi connectivity index (χ1n) is 6.98. The lowest BCUT2D eigenvalue weighted by Crippen LogP contribution is -2.18. The Kier molecular flexibility index (Phi) is 4.74. The molecule has 0 atom stereocenters. The van der Waals surface area contributed by atoms with Crippen LogP contribution < -0.4 is 5.32 Å². The average Bonchev–Trinajstić information content (AvgIpc) is 2.82. The van der Waals surface area contributed by atoms with Gasteiger partial charge in [0, 0.05) is 12.7 Å². The highest BCUT2D eigenvalue weighted by Gasteiger charge is 2.05. The van der Waals surface area contributed by atoms with E-state index >= 15 is 0 Å². The topological polar surface area (TPSA) is 29.9 Å². The molecule has 0 bridgehead atoms. The Morgan fingerprint density at radius 3 is 2.84 bits per heavy atom. The van der Waals surface area contributed by atoms with Crippen molar-refractivity contribution in [3.63, 3.8) is 0 Å². The highest BCUT2D eigenvalue weighted by atomic mass is 15.3. The van der Waals surface area contributed by atoms with E-state index in [9.17, 15) is 0 Å². The van der Waals surface area contributed by atoms with Crippen molar-refractivity contribution in [1.29, 1.82) is 0 Å². The zero-order chi connectivity index (χ0) is 13.7. The summed E-state index contributed by atoms with van der Waals surface area (Å²) in [5.41, 5.74) is 5.22. The zero-order valence-corrected chi connectivity index (χ0v) is 12.1. The van der Waals surface area contributed by atoms with Gasteiger partial charge in [-0.3, -0.25) is 4.68 Å². The third kappa shape index (κ3) is 3.67. The third-order valence-corrected chi connectivity index (χ3v) is 3.36. The molecule has 19 heavy (non-hydrogen) atoms. The second kappa shape index (κ2) is 6.53. The Labute approximate surface area is 115 Å². The van der Waals surface area contributed by atoms with Gasteiger partial charge < -0.3 is 5.32 Å². The molecular weight excluding hydrogens is 234 g/mol. The van der Waals surface area contributed by atoms with E-state index in [0.29, 0.717) is 0 Å². The Morgan fingerprint density at radius 1 is 1.21 bits per heavy atom. The zero-order valence-electron chi connectivity index (χ0n) is 12.1. The summed E-state index contributed by atoms with van der Waals surface area (Å²) in [5.74, 6) is 0. The molecule has 0 saturated heterocycles. The summed E-state index contributed by atoms with van der Waals surface area (Å²) in [7, 11) is 0. The maximum Gasteiger partial charge on any atom is 0.0665 e. The van der Waals surface area contributed by atoms with Crippen LogP contribution in [0.4, 0.5) is 0 Å². The molecule has 102 valence electrons. The van der Waals surface area contributed by atoms with E-state index in [2.05, 4.69) is 60.1 Å². The van der Waals surface area contributed by atoms with E-state index in [4.69, 9.17) is 0 Å². The molecule has 0 aliphatic carbocycles. The Hall–Kier alpha value is -1.61. The van der Waals surface area contributed by atoms with Crippen LogP contribution in [0.15, 0.2) is 30.5 Å². The van der Waals surface area contributed by atoms with Gasteiger partial charge in [-0.05, 0) is 44.0 Å². The van der Waals surface area contributed by atoms with Gasteiger partial charge >= 0.3 is 0 Å². The molecule has 3 heteroatoms. The van der Waals surface area contributed by atoms with Gasteiger partial charge in [-0.15, -0.1) is 0 Å². The first-order chi connectivity index (χ1) is 9.20. The number of aryl methyl sites for hydroxylation is 2. The minimum Gasteiger partial charge on any atom is -0.311 e. The van der Waals surface area contributed by atoms with Crippen molar-refractivity contribution in [2.24, 2.45) is 0 Å². The SMILES string of the molecule is CCCNCc1ccnn1Cc1cc(C)ccc1C. The van der Waals surface area contributed by atoms with Gasteiger partial charge in [-0.25, -0.2) is 0 Å². The van der Waals surface area contributed by atoms with Crippen molar-refractivity contribution < 1.29 is 0 Å². The van der Waals surface area contributed by atoms with Gasteiger partial charge in [0.15, 0.2) is 0 Å². The molecule has 1 aromatic carbocycles. The van der Waals surface area contributed by atoms with Crippen molar-refractivity contribution in [1.82, 2.24) is 15.1 Å². The summed E-state index contributed by atoms with van der Waals surface area (Å²) in [4.78, 5) is 0. The van der Waals surface area contributed by atoms with E-state index in [1.54, 1.807) is 0 Å². The number of aromatic nitrogens is 2. The Balaban J connectivity index is 2.10. The normalized spacial score (nSPS) is 10.9. The fourth-order valence-electron chi connectivity index (χ4n) is 2.18. The van der Waals surface area contributed by atoms with E-state index < -0.39 is 0 Å². The lowest BCUT2D eigenvalue weighted by molar-refractivity contribution is 0.591. The van der Waals surface area contributed by atoms with Crippen molar-refractivity contribution >= 4 is 0 Å². The van der Waals surface area contributed by atoms with Crippen molar-refractivity contribution in [2.45, 2.75) is 40.3 Å². The average molecular weight is 257 g/mol. The molecule has 3 nitrogen and oxygen atoms in total. The molecule has 0 radical (unpaired) electrons. The van der Waals surface area contributed by atoms with Crippen molar-refractivity contribution in [2.75, 3.05) is 6.54 Å². The molecule has 0 saturated carbocycles. The predicted molar refractivity (Wildman–Crippen MR) is 79.2 cm³/mol. The monoisotopic (exact) mass is 257 g/mol. The summed E-state index contributed by atoms with van der Waals surface area (Å²) in [6.07, 6.45) is 3.04. The van der Waals surface area contributed by atoms with Gasteiger partial charge in [0.25, 0.3) is 0 Å². The number of nitrogens with zero attached hydrogens (tertiary/aromatic N) is 2. The van der Waals surface area contributed by atoms with Crippen LogP contribution in [-0.4, -0.2) is 16.3 Å². The molecule has 0 fully saturated rings. The quantitative estimate of drug-likeness (QED) is 0.806. The highest BCUT2D eigenvalue weighted by Crippen LogP contribution is 2.13.